The van der Waals surface area contributed by atoms with Gasteiger partial charge in [0.15, 0.2) is 5.03 Å². The van der Waals surface area contributed by atoms with Gasteiger partial charge >= 0.3 is 6.18 Å². The Bertz CT molecular complexity index is 3160. The summed E-state index contributed by atoms with van der Waals surface area (Å²) < 4.78 is 110. The second kappa shape index (κ2) is 17.9. The Morgan fingerprint density at radius 3 is 2.05 bits per heavy atom. The quantitative estimate of drug-likeness (QED) is 0.114. The number of aromatic amines is 1. The Morgan fingerprint density at radius 2 is 1.41 bits per heavy atom. The molecule has 63 heavy (non-hydrogen) atoms. The number of nitrogens with one attached hydrogen (secondary N) is 3. The van der Waals surface area contributed by atoms with Gasteiger partial charge in [-0.15, -0.1) is 0 Å². The zero-order valence-corrected chi connectivity index (χ0v) is 34.3. The summed E-state index contributed by atoms with van der Waals surface area (Å²) in [5, 5.41) is 6.21. The van der Waals surface area contributed by atoms with Crippen molar-refractivity contribution in [1.29, 1.82) is 0 Å². The van der Waals surface area contributed by atoms with Crippen LogP contribution in [0.2, 0.25) is 0 Å². The predicted molar refractivity (Wildman–Crippen MR) is 220 cm³/mol. The molecule has 0 aliphatic heterocycles. The summed E-state index contributed by atoms with van der Waals surface area (Å²) in [5.74, 6) is -2.05. The van der Waals surface area contributed by atoms with Gasteiger partial charge in [-0.1, -0.05) is 30.3 Å². The molecule has 2 amide bonds. The van der Waals surface area contributed by atoms with Crippen molar-refractivity contribution in [3.05, 3.63) is 174 Å². The van der Waals surface area contributed by atoms with Crippen LogP contribution in [0, 0.1) is 5.82 Å². The normalized spacial score (nSPS) is 11.8. The number of ether oxygens (including phenoxy) is 1. The van der Waals surface area contributed by atoms with Crippen LogP contribution >= 0.6 is 0 Å². The zero-order chi connectivity index (χ0) is 44.9. The van der Waals surface area contributed by atoms with Gasteiger partial charge in [0, 0.05) is 61.0 Å². The van der Waals surface area contributed by atoms with Crippen LogP contribution in [0.1, 0.15) is 37.5 Å². The molecule has 0 unspecified atom stereocenters. The summed E-state index contributed by atoms with van der Waals surface area (Å²) in [5.41, 5.74) is 2.16. The number of hydrogen-bond donors (Lipinski definition) is 3. The maximum atomic E-state index is 13.8. The first-order valence-corrected chi connectivity index (χ1v) is 21.5. The first kappa shape index (κ1) is 43.6. The molecular formula is C43H33F4N7O7S2. The fraction of sp³-hybridized carbons (Fsp3) is 0.0930. The van der Waals surface area contributed by atoms with Crippen LogP contribution in [-0.4, -0.2) is 60.1 Å². The van der Waals surface area contributed by atoms with E-state index in [0.29, 0.717) is 35.0 Å². The van der Waals surface area contributed by atoms with Gasteiger partial charge in [-0.25, -0.2) is 31.2 Å². The maximum absolute atomic E-state index is 13.8. The minimum absolute atomic E-state index is 0.0854. The Labute approximate surface area is 356 Å². The number of alkyl halides is 3. The number of methoxy groups -OCH3 is 1. The lowest BCUT2D eigenvalue weighted by Crippen LogP contribution is -2.23. The summed E-state index contributed by atoms with van der Waals surface area (Å²) in [4.78, 5) is 39.1. The van der Waals surface area contributed by atoms with E-state index in [1.54, 1.807) is 83.9 Å². The molecule has 8 aromatic rings. The van der Waals surface area contributed by atoms with Crippen LogP contribution in [0.4, 0.5) is 17.6 Å². The number of pyridine rings is 3. The average Bonchev–Trinajstić information content (AvgIpc) is 3.95. The number of H-pyrrole nitrogens is 1. The third-order valence-corrected chi connectivity index (χ3v) is 12.9. The van der Waals surface area contributed by atoms with Crippen molar-refractivity contribution in [3.63, 3.8) is 0 Å². The van der Waals surface area contributed by atoms with Crippen molar-refractivity contribution in [1.82, 2.24) is 35.0 Å². The van der Waals surface area contributed by atoms with E-state index in [1.165, 1.54) is 49.6 Å². The topological polar surface area (TPSA) is 195 Å². The highest BCUT2D eigenvalue weighted by Crippen LogP contribution is 2.33. The van der Waals surface area contributed by atoms with Gasteiger partial charge in [-0.2, -0.15) is 13.2 Å². The highest BCUT2D eigenvalue weighted by Gasteiger charge is 2.35. The number of carbonyl (C=O) groups excluding carboxylic acids is 2. The summed E-state index contributed by atoms with van der Waals surface area (Å²) in [6, 6.07) is 24.6. The number of halogens is 4. The number of rotatable bonds is 11. The standard InChI is InChI=1S/C22H15F4N3O3S.C21H18N4O4S/c23-18-10-16(5-6-17(18)22(24,25)26)33(31,32)15-3-1-13(2-4-15)11-28-21(30)20-9-14-12-27-8-7-19(14)29-20;1-29-19-3-2-4-20(24-19)30(27,28)17-8-5-15(6-9-17)13-23-21(26)16-7-10-18-22-11-12-25(18)14-16/h1-10,12,29H,11H2,(H,28,30);2-12,14H,13H2,1H3,(H,23,26). The third kappa shape index (κ3) is 9.87. The minimum atomic E-state index is -4.93. The van der Waals surface area contributed by atoms with Crippen LogP contribution in [-0.2, 0) is 38.9 Å². The van der Waals surface area contributed by atoms with Crippen molar-refractivity contribution in [2.75, 3.05) is 7.11 Å². The molecule has 0 fully saturated rings. The minimum Gasteiger partial charge on any atom is -0.481 e. The molecule has 0 atom stereocenters. The Kier molecular flexibility index (Phi) is 12.4. The lowest BCUT2D eigenvalue weighted by atomic mass is 10.2. The number of imidazole rings is 1. The van der Waals surface area contributed by atoms with Gasteiger partial charge in [0.25, 0.3) is 11.8 Å². The highest BCUT2D eigenvalue weighted by molar-refractivity contribution is 7.91. The summed E-state index contributed by atoms with van der Waals surface area (Å²) in [6.45, 7) is 0.361. The summed E-state index contributed by atoms with van der Waals surface area (Å²) in [6.07, 6.45) is 3.41. The van der Waals surface area contributed by atoms with Crippen molar-refractivity contribution in [2.24, 2.45) is 0 Å². The van der Waals surface area contributed by atoms with E-state index in [4.69, 9.17) is 4.74 Å². The number of sulfone groups is 2. The molecule has 0 saturated heterocycles. The molecule has 8 rings (SSSR count). The van der Waals surface area contributed by atoms with E-state index in [1.807, 2.05) is 0 Å². The summed E-state index contributed by atoms with van der Waals surface area (Å²) in [7, 11) is -6.57. The van der Waals surface area contributed by atoms with Crippen LogP contribution in [0.5, 0.6) is 5.88 Å². The lowest BCUT2D eigenvalue weighted by molar-refractivity contribution is -0.140. The highest BCUT2D eigenvalue weighted by atomic mass is 32.2. The second-order valence-corrected chi connectivity index (χ2v) is 17.4. The number of benzene rings is 3. The number of nitrogens with zero attached hydrogens (tertiary/aromatic N) is 4. The molecule has 322 valence electrons. The van der Waals surface area contributed by atoms with Crippen LogP contribution in [0.25, 0.3) is 16.6 Å². The molecular weight excluding hydrogens is 867 g/mol. The first-order chi connectivity index (χ1) is 30.0. The van der Waals surface area contributed by atoms with Crippen molar-refractivity contribution in [3.8, 4) is 5.88 Å². The molecule has 3 N–H and O–H groups in total. The van der Waals surface area contributed by atoms with Gasteiger partial charge in [-0.3, -0.25) is 14.6 Å². The Morgan fingerprint density at radius 1 is 0.762 bits per heavy atom. The molecule has 5 aromatic heterocycles. The first-order valence-electron chi connectivity index (χ1n) is 18.5. The van der Waals surface area contributed by atoms with Gasteiger partial charge in [-0.05, 0) is 83.9 Å². The van der Waals surface area contributed by atoms with Crippen LogP contribution in [0.3, 0.4) is 0 Å². The van der Waals surface area contributed by atoms with Gasteiger partial charge in [0.05, 0.1) is 32.9 Å². The Hall–Kier alpha value is -7.45. The summed E-state index contributed by atoms with van der Waals surface area (Å²) >= 11 is 0. The van der Waals surface area contributed by atoms with Crippen molar-refractivity contribution in [2.45, 2.75) is 39.0 Å². The van der Waals surface area contributed by atoms with E-state index in [9.17, 15) is 44.0 Å². The smallest absolute Gasteiger partial charge is 0.419 e. The van der Waals surface area contributed by atoms with Crippen molar-refractivity contribution >= 4 is 48.0 Å². The number of carbonyl (C=O) groups is 2. The molecule has 0 aliphatic rings. The molecule has 3 aromatic carbocycles. The third-order valence-electron chi connectivity index (χ3n) is 9.43. The number of aromatic nitrogens is 5. The van der Waals surface area contributed by atoms with E-state index in [2.05, 4.69) is 30.6 Å². The van der Waals surface area contributed by atoms with Gasteiger partial charge in [0.2, 0.25) is 25.6 Å². The van der Waals surface area contributed by atoms with Gasteiger partial charge < -0.3 is 24.8 Å². The zero-order valence-electron chi connectivity index (χ0n) is 32.7. The van der Waals surface area contributed by atoms with Crippen molar-refractivity contribution < 1.29 is 48.7 Å². The second-order valence-electron chi connectivity index (χ2n) is 13.6. The molecule has 0 spiro atoms. The number of fused-ring (bicyclic) bond motifs is 2. The fourth-order valence-corrected chi connectivity index (χ4v) is 8.57. The number of amides is 2. The fourth-order valence-electron chi connectivity index (χ4n) is 6.09. The monoisotopic (exact) mass is 899 g/mol. The molecule has 0 aliphatic carbocycles. The largest absolute Gasteiger partial charge is 0.481 e. The number of hydrogen-bond acceptors (Lipinski definition) is 10. The maximum Gasteiger partial charge on any atom is 0.419 e. The molecule has 20 heteroatoms. The van der Waals surface area contributed by atoms with Crippen LogP contribution < -0.4 is 15.4 Å². The molecule has 0 saturated carbocycles. The molecule has 14 nitrogen and oxygen atoms in total. The average molecular weight is 900 g/mol. The lowest BCUT2D eigenvalue weighted by Gasteiger charge is -2.10. The molecule has 5 heterocycles. The van der Waals surface area contributed by atoms with E-state index >= 15 is 0 Å². The predicted octanol–water partition coefficient (Wildman–Crippen LogP) is 6.98. The molecule has 0 radical (unpaired) electrons. The Balaban J connectivity index is 0.000000190. The molecule has 0 bridgehead atoms. The van der Waals surface area contributed by atoms with Gasteiger partial charge in [0.1, 0.15) is 17.2 Å². The van der Waals surface area contributed by atoms with E-state index in [-0.39, 0.29) is 45.6 Å². The van der Waals surface area contributed by atoms with Crippen LogP contribution in [0.15, 0.2) is 160 Å². The SMILES string of the molecule is COc1cccc(S(=O)(=O)c2ccc(CNC(=O)c3ccc4nccn4c3)cc2)n1.O=C(NCc1ccc(S(=O)(=O)c2ccc(C(F)(F)F)c(F)c2)cc1)c1cc2cnccc2[nH]1. The van der Waals surface area contributed by atoms with E-state index in [0.717, 1.165) is 22.1 Å². The van der Waals surface area contributed by atoms with E-state index < -0.39 is 42.1 Å².